The summed E-state index contributed by atoms with van der Waals surface area (Å²) in [5, 5.41) is 0. The van der Waals surface area contributed by atoms with Gasteiger partial charge in [0.05, 0.1) is 42.0 Å². The Kier molecular flexibility index (Phi) is 13.1. The Balaban J connectivity index is 2.02. The SMILES string of the molecule is COc1cccc(C=CC(=O)OC[C@H](COP(=O)(O)OCC[N+](C)(C)C)OC(=O)C=Cc2cccc(OC)c2)c1. The third-order valence-electron chi connectivity index (χ3n) is 5.15. The molecule has 0 spiro atoms. The number of methoxy groups -OCH3 is 2. The van der Waals surface area contributed by atoms with Crippen molar-refractivity contribution in [3.8, 4) is 11.5 Å². The molecule has 0 fully saturated rings. The molecule has 0 amide bonds. The molecule has 40 heavy (non-hydrogen) atoms. The highest BCUT2D eigenvalue weighted by atomic mass is 31.2. The number of esters is 2. The second-order valence-corrected chi connectivity index (χ2v) is 11.0. The van der Waals surface area contributed by atoms with Crippen molar-refractivity contribution < 1.29 is 51.5 Å². The van der Waals surface area contributed by atoms with Gasteiger partial charge in [-0.25, -0.2) is 14.2 Å². The van der Waals surface area contributed by atoms with Crippen LogP contribution in [0.15, 0.2) is 60.7 Å². The molecule has 0 aliphatic rings. The molecule has 218 valence electrons. The number of phosphoric acid groups is 1. The monoisotopic (exact) mass is 578 g/mol. The van der Waals surface area contributed by atoms with Crippen molar-refractivity contribution in [3.05, 3.63) is 71.8 Å². The van der Waals surface area contributed by atoms with Crippen molar-refractivity contribution in [2.75, 3.05) is 61.7 Å². The summed E-state index contributed by atoms with van der Waals surface area (Å²) in [6, 6.07) is 14.0. The molecule has 12 heteroatoms. The lowest BCUT2D eigenvalue weighted by atomic mass is 10.2. The van der Waals surface area contributed by atoms with Crippen LogP contribution < -0.4 is 9.47 Å². The molecule has 0 bridgehead atoms. The van der Waals surface area contributed by atoms with Crippen LogP contribution in [0.1, 0.15) is 11.1 Å². The average Bonchev–Trinajstić information content (AvgIpc) is 2.91. The lowest BCUT2D eigenvalue weighted by Gasteiger charge is -2.24. The van der Waals surface area contributed by atoms with E-state index < -0.39 is 39.1 Å². The fourth-order valence-corrected chi connectivity index (χ4v) is 3.75. The van der Waals surface area contributed by atoms with Gasteiger partial charge in [0.15, 0.2) is 6.10 Å². The summed E-state index contributed by atoms with van der Waals surface area (Å²) < 4.78 is 43.7. The van der Waals surface area contributed by atoms with Gasteiger partial charge >= 0.3 is 19.8 Å². The number of hydrogen-bond acceptors (Lipinski definition) is 9. The first kappa shape index (κ1) is 32.7. The minimum Gasteiger partial charge on any atom is -0.497 e. The van der Waals surface area contributed by atoms with Crippen LogP contribution >= 0.6 is 7.82 Å². The Morgan fingerprint density at radius 1 is 0.875 bits per heavy atom. The zero-order valence-corrected chi connectivity index (χ0v) is 24.2. The van der Waals surface area contributed by atoms with E-state index in [-0.39, 0.29) is 6.61 Å². The van der Waals surface area contributed by atoms with Crippen molar-refractivity contribution in [2.24, 2.45) is 0 Å². The van der Waals surface area contributed by atoms with Gasteiger partial charge in [-0.05, 0) is 47.5 Å². The van der Waals surface area contributed by atoms with Crippen LogP contribution in [0.2, 0.25) is 0 Å². The molecule has 11 nitrogen and oxygen atoms in total. The van der Waals surface area contributed by atoms with Crippen LogP contribution in [0, 0.1) is 0 Å². The minimum absolute atomic E-state index is 0.0327. The van der Waals surface area contributed by atoms with E-state index in [1.54, 1.807) is 48.5 Å². The van der Waals surface area contributed by atoms with Gasteiger partial charge in [0.25, 0.3) is 0 Å². The summed E-state index contributed by atoms with van der Waals surface area (Å²) in [7, 11) is 4.31. The van der Waals surface area contributed by atoms with E-state index >= 15 is 0 Å². The molecule has 2 rings (SSSR count). The molecule has 1 N–H and O–H groups in total. The van der Waals surface area contributed by atoms with Crippen molar-refractivity contribution in [1.29, 1.82) is 0 Å². The van der Waals surface area contributed by atoms with Crippen LogP contribution in [0.4, 0.5) is 0 Å². The number of carbonyl (C=O) groups excluding carboxylic acids is 2. The van der Waals surface area contributed by atoms with Crippen LogP contribution in [0.5, 0.6) is 11.5 Å². The van der Waals surface area contributed by atoms with Gasteiger partial charge in [-0.3, -0.25) is 9.05 Å². The normalized spacial score (nSPS) is 14.1. The fourth-order valence-electron chi connectivity index (χ4n) is 3.01. The standard InChI is InChI=1S/C28H36NO10P/c1-29(2,3)16-17-37-40(32,33)38-21-26(39-28(31)15-13-23-9-7-11-25(19-23)35-5)20-36-27(30)14-12-22-8-6-10-24(18-22)34-4/h6-15,18-19,26H,16-17,20-21H2,1-5H3/p+1/t26-/m1/s1. The second kappa shape index (κ2) is 16.0. The van der Waals surface area contributed by atoms with Crippen LogP contribution in [-0.2, 0) is 32.7 Å². The lowest BCUT2D eigenvalue weighted by molar-refractivity contribution is -0.870. The second-order valence-electron chi connectivity index (χ2n) is 9.52. The Labute approximate surface area is 234 Å². The maximum absolute atomic E-state index is 12.5. The molecular weight excluding hydrogens is 541 g/mol. The van der Waals surface area contributed by atoms with Gasteiger partial charge in [0.1, 0.15) is 31.3 Å². The predicted molar refractivity (Wildman–Crippen MR) is 150 cm³/mol. The van der Waals surface area contributed by atoms with E-state index in [4.69, 9.17) is 28.0 Å². The fraction of sp³-hybridized carbons (Fsp3) is 0.357. The Morgan fingerprint density at radius 3 is 1.95 bits per heavy atom. The maximum atomic E-state index is 12.5. The van der Waals surface area contributed by atoms with E-state index in [2.05, 4.69) is 0 Å². The summed E-state index contributed by atoms with van der Waals surface area (Å²) in [4.78, 5) is 34.8. The maximum Gasteiger partial charge on any atom is 0.472 e. The zero-order chi connectivity index (χ0) is 29.6. The quantitative estimate of drug-likeness (QED) is 0.136. The van der Waals surface area contributed by atoms with Gasteiger partial charge in [-0.15, -0.1) is 0 Å². The number of rotatable bonds is 16. The molecule has 0 saturated carbocycles. The van der Waals surface area contributed by atoms with E-state index in [1.165, 1.54) is 38.5 Å². The number of likely N-dealkylation sites (N-methyl/N-ethyl adjacent to an activating group) is 1. The van der Waals surface area contributed by atoms with E-state index in [1.807, 2.05) is 21.1 Å². The molecule has 2 atom stereocenters. The van der Waals surface area contributed by atoms with Gasteiger partial charge in [-0.2, -0.15) is 0 Å². The third-order valence-corrected chi connectivity index (χ3v) is 6.13. The van der Waals surface area contributed by atoms with Gasteiger partial charge < -0.3 is 28.3 Å². The molecule has 0 aliphatic carbocycles. The van der Waals surface area contributed by atoms with Crippen molar-refractivity contribution >= 4 is 31.9 Å². The highest BCUT2D eigenvalue weighted by Gasteiger charge is 2.26. The summed E-state index contributed by atoms with van der Waals surface area (Å²) in [5.74, 6) is -0.265. The topological polar surface area (TPSA) is 127 Å². The first-order chi connectivity index (χ1) is 18.9. The first-order valence-electron chi connectivity index (χ1n) is 12.3. The number of benzene rings is 2. The van der Waals surface area contributed by atoms with Crippen LogP contribution in [0.3, 0.4) is 0 Å². The Hall–Kier alpha value is -3.47. The highest BCUT2D eigenvalue weighted by Crippen LogP contribution is 2.43. The first-order valence-corrected chi connectivity index (χ1v) is 13.8. The van der Waals surface area contributed by atoms with Crippen LogP contribution in [-0.4, -0.2) is 89.1 Å². The Morgan fingerprint density at radius 2 is 1.43 bits per heavy atom. The van der Waals surface area contributed by atoms with E-state index in [9.17, 15) is 19.0 Å². The number of phosphoric ester groups is 1. The van der Waals surface area contributed by atoms with Crippen molar-refractivity contribution in [2.45, 2.75) is 6.10 Å². The number of carbonyl (C=O) groups is 2. The predicted octanol–water partition coefficient (Wildman–Crippen LogP) is 3.73. The smallest absolute Gasteiger partial charge is 0.472 e. The summed E-state index contributed by atoms with van der Waals surface area (Å²) in [5.41, 5.74) is 1.39. The molecule has 2 aromatic carbocycles. The van der Waals surface area contributed by atoms with E-state index in [0.29, 0.717) is 33.7 Å². The van der Waals surface area contributed by atoms with Crippen LogP contribution in [0.25, 0.3) is 12.2 Å². The molecule has 0 aliphatic heterocycles. The summed E-state index contributed by atoms with van der Waals surface area (Å²) in [6.07, 6.45) is 4.21. The largest absolute Gasteiger partial charge is 0.497 e. The highest BCUT2D eigenvalue weighted by molar-refractivity contribution is 7.47. The molecule has 0 heterocycles. The molecule has 0 saturated heterocycles. The average molecular weight is 579 g/mol. The summed E-state index contributed by atoms with van der Waals surface area (Å²) in [6.45, 7) is -0.559. The minimum atomic E-state index is -4.46. The molecule has 2 aromatic rings. The molecular formula is C28H37NO10P+. The van der Waals surface area contributed by atoms with Crippen molar-refractivity contribution in [3.63, 3.8) is 0 Å². The van der Waals surface area contributed by atoms with Gasteiger partial charge in [0, 0.05) is 12.2 Å². The number of hydrogen-bond donors (Lipinski definition) is 1. The zero-order valence-electron chi connectivity index (χ0n) is 23.3. The molecule has 0 aromatic heterocycles. The van der Waals surface area contributed by atoms with E-state index in [0.717, 1.165) is 0 Å². The third kappa shape index (κ3) is 13.5. The molecule has 0 radical (unpaired) electrons. The number of ether oxygens (including phenoxy) is 4. The number of nitrogens with zero attached hydrogens (tertiary/aromatic N) is 1. The van der Waals surface area contributed by atoms with Gasteiger partial charge in [0.2, 0.25) is 0 Å². The molecule has 1 unspecified atom stereocenters. The lowest BCUT2D eigenvalue weighted by Crippen LogP contribution is -2.37. The number of quaternary nitrogens is 1. The summed E-state index contributed by atoms with van der Waals surface area (Å²) >= 11 is 0. The van der Waals surface area contributed by atoms with Crippen molar-refractivity contribution in [1.82, 2.24) is 0 Å². The Bertz CT molecular complexity index is 1220. The van der Waals surface area contributed by atoms with Gasteiger partial charge in [-0.1, -0.05) is 24.3 Å².